The molecule has 4 heteroatoms. The quantitative estimate of drug-likeness (QED) is 0.430. The fourth-order valence-corrected chi connectivity index (χ4v) is 3.48. The van der Waals surface area contributed by atoms with Crippen molar-refractivity contribution in [1.82, 2.24) is 0 Å². The van der Waals surface area contributed by atoms with E-state index in [-0.39, 0.29) is 12.1 Å². The number of nitriles is 1. The Morgan fingerprint density at radius 1 is 1.00 bits per heavy atom. The first-order valence-corrected chi connectivity index (χ1v) is 8.61. The Kier molecular flexibility index (Phi) is 8.20. The van der Waals surface area contributed by atoms with Crippen LogP contribution in [0.4, 0.5) is 0 Å². The Bertz CT molecular complexity index is 412. The summed E-state index contributed by atoms with van der Waals surface area (Å²) in [4.78, 5) is 13.7. The van der Waals surface area contributed by atoms with Gasteiger partial charge in [-0.3, -0.25) is 0 Å². The average molecular weight is 306 g/mol. The Morgan fingerprint density at radius 2 is 1.73 bits per heavy atom. The average Bonchev–Trinajstić information content (AvgIpc) is 2.49. The number of hydrogen-bond acceptors (Lipinski definition) is 4. The van der Waals surface area contributed by atoms with Gasteiger partial charge in [-0.15, -0.1) is 0 Å². The van der Waals surface area contributed by atoms with Gasteiger partial charge in [-0.05, 0) is 55.8 Å². The Balaban J connectivity index is 0.000000220. The van der Waals surface area contributed by atoms with Crippen molar-refractivity contribution in [3.05, 3.63) is 0 Å². The van der Waals surface area contributed by atoms with Gasteiger partial charge in [0, 0.05) is 0 Å². The van der Waals surface area contributed by atoms with Gasteiger partial charge in [0.1, 0.15) is 6.10 Å². The monoisotopic (exact) mass is 306 g/mol. The third-order valence-electron chi connectivity index (χ3n) is 5.64. The van der Waals surface area contributed by atoms with E-state index >= 15 is 0 Å². The SMILES string of the molecule is CC1CCC(N=C=O)CC1C.CC1CCCC(OC#N)C1C. The summed E-state index contributed by atoms with van der Waals surface area (Å²) in [5, 5.41) is 8.35. The number of aliphatic imine (C=N–C) groups is 1. The molecule has 6 unspecified atom stereocenters. The zero-order valence-electron chi connectivity index (χ0n) is 14.4. The maximum atomic E-state index is 9.97. The highest BCUT2D eigenvalue weighted by Gasteiger charge is 2.28. The molecule has 0 aromatic heterocycles. The first-order valence-electron chi connectivity index (χ1n) is 8.61. The minimum Gasteiger partial charge on any atom is -0.424 e. The van der Waals surface area contributed by atoms with Crippen LogP contribution < -0.4 is 0 Å². The first-order chi connectivity index (χ1) is 10.5. The summed E-state index contributed by atoms with van der Waals surface area (Å²) in [6, 6.07) is 0.263. The molecule has 22 heavy (non-hydrogen) atoms. The van der Waals surface area contributed by atoms with Crippen LogP contribution in [-0.2, 0) is 9.53 Å². The van der Waals surface area contributed by atoms with E-state index in [4.69, 9.17) is 10.00 Å². The molecule has 2 aliphatic carbocycles. The normalized spacial score (nSPS) is 37.8. The van der Waals surface area contributed by atoms with Crippen molar-refractivity contribution in [2.24, 2.45) is 28.7 Å². The lowest BCUT2D eigenvalue weighted by Gasteiger charge is -2.31. The summed E-state index contributed by atoms with van der Waals surface area (Å²) >= 11 is 0. The number of nitrogens with zero attached hydrogens (tertiary/aromatic N) is 2. The molecule has 0 bridgehead atoms. The summed E-state index contributed by atoms with van der Waals surface area (Å²) in [7, 11) is 0. The number of isocyanates is 1. The first kappa shape index (κ1) is 18.7. The highest BCUT2D eigenvalue weighted by atomic mass is 16.5. The van der Waals surface area contributed by atoms with Crippen molar-refractivity contribution in [3.8, 4) is 6.26 Å². The topological polar surface area (TPSA) is 62.4 Å². The maximum absolute atomic E-state index is 9.97. The molecule has 0 aliphatic heterocycles. The van der Waals surface area contributed by atoms with Gasteiger partial charge in [-0.2, -0.15) is 5.26 Å². The summed E-state index contributed by atoms with van der Waals surface area (Å²) in [6.45, 7) is 8.91. The molecule has 0 aromatic rings. The molecule has 2 aliphatic rings. The van der Waals surface area contributed by atoms with E-state index < -0.39 is 0 Å². The van der Waals surface area contributed by atoms with Crippen LogP contribution >= 0.6 is 0 Å². The molecule has 2 saturated carbocycles. The van der Waals surface area contributed by atoms with E-state index in [1.807, 2.05) is 0 Å². The van der Waals surface area contributed by atoms with Crippen LogP contribution in [0, 0.1) is 35.2 Å². The lowest BCUT2D eigenvalue weighted by atomic mass is 9.79. The van der Waals surface area contributed by atoms with Crippen LogP contribution in [0.1, 0.15) is 66.2 Å². The molecular formula is C18H30N2O2. The summed E-state index contributed by atoms with van der Waals surface area (Å²) in [5.74, 6) is 2.77. The highest BCUT2D eigenvalue weighted by Crippen LogP contribution is 2.31. The van der Waals surface area contributed by atoms with E-state index in [1.165, 1.54) is 19.3 Å². The second kappa shape index (κ2) is 9.64. The molecule has 0 N–H and O–H groups in total. The largest absolute Gasteiger partial charge is 0.424 e. The fraction of sp³-hybridized carbons (Fsp3) is 0.889. The third kappa shape index (κ3) is 5.81. The number of carbonyl (C=O) groups excluding carboxylic acids is 1. The number of hydrogen-bond donors (Lipinski definition) is 0. The molecular weight excluding hydrogens is 276 g/mol. The van der Waals surface area contributed by atoms with Gasteiger partial charge in [-0.1, -0.05) is 34.1 Å². The van der Waals surface area contributed by atoms with E-state index in [0.717, 1.165) is 25.2 Å². The van der Waals surface area contributed by atoms with Crippen molar-refractivity contribution in [3.63, 3.8) is 0 Å². The van der Waals surface area contributed by atoms with E-state index in [9.17, 15) is 4.79 Å². The van der Waals surface area contributed by atoms with Gasteiger partial charge in [0.05, 0.1) is 6.04 Å². The van der Waals surface area contributed by atoms with Gasteiger partial charge in [-0.25, -0.2) is 9.79 Å². The zero-order valence-corrected chi connectivity index (χ0v) is 14.4. The Labute approximate surface area is 135 Å². The molecule has 6 atom stereocenters. The van der Waals surface area contributed by atoms with Crippen LogP contribution in [0.2, 0.25) is 0 Å². The molecule has 0 amide bonds. The van der Waals surface area contributed by atoms with E-state index in [0.29, 0.717) is 17.8 Å². The van der Waals surface area contributed by atoms with Crippen LogP contribution in [0.3, 0.4) is 0 Å². The summed E-state index contributed by atoms with van der Waals surface area (Å²) < 4.78 is 4.97. The second-order valence-electron chi connectivity index (χ2n) is 7.16. The summed E-state index contributed by atoms with van der Waals surface area (Å²) in [6.07, 6.45) is 10.5. The minimum absolute atomic E-state index is 0.184. The molecule has 2 rings (SSSR count). The van der Waals surface area contributed by atoms with Crippen LogP contribution in [0.25, 0.3) is 0 Å². The minimum atomic E-state index is 0.184. The Morgan fingerprint density at radius 3 is 2.32 bits per heavy atom. The maximum Gasteiger partial charge on any atom is 0.286 e. The Hall–Kier alpha value is -1.33. The van der Waals surface area contributed by atoms with Crippen molar-refractivity contribution in [2.75, 3.05) is 0 Å². The van der Waals surface area contributed by atoms with Crippen molar-refractivity contribution in [2.45, 2.75) is 78.4 Å². The number of rotatable bonds is 2. The molecule has 0 aromatic carbocycles. The lowest BCUT2D eigenvalue weighted by Crippen LogP contribution is -2.29. The predicted octanol–water partition coefficient (Wildman–Crippen LogP) is 4.46. The molecule has 4 nitrogen and oxygen atoms in total. The third-order valence-corrected chi connectivity index (χ3v) is 5.64. The van der Waals surface area contributed by atoms with E-state index in [2.05, 4.69) is 32.7 Å². The van der Waals surface area contributed by atoms with Gasteiger partial charge in [0.25, 0.3) is 6.26 Å². The zero-order chi connectivity index (χ0) is 16.5. The van der Waals surface area contributed by atoms with Crippen molar-refractivity contribution in [1.29, 1.82) is 5.26 Å². The predicted molar refractivity (Wildman–Crippen MR) is 86.8 cm³/mol. The van der Waals surface area contributed by atoms with Gasteiger partial charge >= 0.3 is 0 Å². The summed E-state index contributed by atoms with van der Waals surface area (Å²) in [5.41, 5.74) is 0. The lowest BCUT2D eigenvalue weighted by molar-refractivity contribution is 0.0439. The highest BCUT2D eigenvalue weighted by molar-refractivity contribution is 5.33. The molecule has 0 saturated heterocycles. The van der Waals surface area contributed by atoms with Crippen molar-refractivity contribution < 1.29 is 9.53 Å². The standard InChI is InChI=1S/2C9H15NO/c1-7-3-4-9(10-6-11)5-8(7)2;1-7-4-3-5-9(8(7)2)11-6-10/h2*7-9H,3-5H2,1-2H3. The van der Waals surface area contributed by atoms with Crippen LogP contribution in [0.15, 0.2) is 4.99 Å². The van der Waals surface area contributed by atoms with Crippen LogP contribution in [0.5, 0.6) is 0 Å². The van der Waals surface area contributed by atoms with E-state index in [1.54, 1.807) is 12.3 Å². The van der Waals surface area contributed by atoms with Gasteiger partial charge in [0.2, 0.25) is 6.08 Å². The van der Waals surface area contributed by atoms with Crippen molar-refractivity contribution >= 4 is 6.08 Å². The molecule has 0 heterocycles. The van der Waals surface area contributed by atoms with Crippen LogP contribution in [-0.4, -0.2) is 18.2 Å². The smallest absolute Gasteiger partial charge is 0.286 e. The van der Waals surface area contributed by atoms with Gasteiger partial charge in [0.15, 0.2) is 0 Å². The van der Waals surface area contributed by atoms with Gasteiger partial charge < -0.3 is 4.74 Å². The second-order valence-corrected chi connectivity index (χ2v) is 7.16. The molecule has 124 valence electrons. The fourth-order valence-electron chi connectivity index (χ4n) is 3.48. The number of ether oxygens (including phenoxy) is 1. The molecule has 0 radical (unpaired) electrons. The molecule has 2 fully saturated rings. The molecule has 0 spiro atoms.